The molecule has 4 atom stereocenters. The quantitative estimate of drug-likeness (QED) is 0.113. The van der Waals surface area contributed by atoms with Gasteiger partial charge in [-0.2, -0.15) is 0 Å². The van der Waals surface area contributed by atoms with E-state index in [0.29, 0.717) is 12.8 Å². The molecule has 0 radical (unpaired) electrons. The summed E-state index contributed by atoms with van der Waals surface area (Å²) in [4.78, 5) is 79.1. The summed E-state index contributed by atoms with van der Waals surface area (Å²) in [5.41, 5.74) is 3.11. The van der Waals surface area contributed by atoms with E-state index in [-0.39, 0.29) is 50.2 Å². The lowest BCUT2D eigenvalue weighted by molar-refractivity contribution is -0.141. The van der Waals surface area contributed by atoms with Crippen molar-refractivity contribution in [1.82, 2.24) is 26.6 Å². The number of nitrogens with two attached hydrogens (primary N) is 1. The summed E-state index contributed by atoms with van der Waals surface area (Å²) in [5, 5.41) is 23.4. The lowest BCUT2D eigenvalue weighted by Gasteiger charge is -2.39. The molecule has 0 unspecified atom stereocenters. The molecular weight excluding hydrogens is 644 g/mol. The molecule has 6 amide bonds. The number of benzene rings is 1. The highest BCUT2D eigenvalue weighted by molar-refractivity contribution is 5.99. The third kappa shape index (κ3) is 12.9. The minimum absolute atomic E-state index is 0.0133. The smallest absolute Gasteiger partial charge is 0.408 e. The van der Waals surface area contributed by atoms with Crippen molar-refractivity contribution < 1.29 is 38.6 Å². The number of alkyl carbamates (subject to hydrolysis) is 1. The van der Waals surface area contributed by atoms with Crippen LogP contribution in [-0.2, 0) is 35.3 Å². The van der Waals surface area contributed by atoms with Crippen LogP contribution in [0.1, 0.15) is 99.0 Å². The van der Waals surface area contributed by atoms with Gasteiger partial charge in [0, 0.05) is 6.42 Å². The van der Waals surface area contributed by atoms with Crippen LogP contribution < -0.4 is 32.3 Å². The predicted octanol–water partition coefficient (Wildman–Crippen LogP) is 2.17. The van der Waals surface area contributed by atoms with E-state index in [0.717, 1.165) is 18.4 Å². The van der Waals surface area contributed by atoms with Gasteiger partial charge in [-0.1, -0.05) is 70.9 Å². The third-order valence-corrected chi connectivity index (χ3v) is 9.18. The lowest BCUT2D eigenvalue weighted by atomic mass is 9.82. The molecule has 1 aromatic rings. The first-order valence-electron chi connectivity index (χ1n) is 17.5. The van der Waals surface area contributed by atoms with Crippen LogP contribution in [0, 0.1) is 17.8 Å². The van der Waals surface area contributed by atoms with Gasteiger partial charge in [-0.3, -0.25) is 24.0 Å². The Hall–Kier alpha value is -4.20. The average Bonchev–Trinajstić information content (AvgIpc) is 3.60. The summed E-state index contributed by atoms with van der Waals surface area (Å²) in [6.45, 7) is 11.7. The Balaban J connectivity index is 2.24. The second-order valence-electron chi connectivity index (χ2n) is 14.7. The van der Waals surface area contributed by atoms with Crippen LogP contribution in [-0.4, -0.2) is 76.5 Å². The molecule has 0 saturated heterocycles. The fraction of sp³-hybridized carbons (Fsp3) is 0.667. The number of carbonyl (C=O) groups excluding carboxylic acids is 6. The third-order valence-electron chi connectivity index (χ3n) is 9.18. The Morgan fingerprint density at radius 2 is 1.48 bits per heavy atom. The predicted molar refractivity (Wildman–Crippen MR) is 188 cm³/mol. The topological polar surface area (TPSA) is 218 Å². The second-order valence-corrected chi connectivity index (χ2v) is 14.7. The summed E-state index contributed by atoms with van der Waals surface area (Å²) < 4.78 is 5.31. The SMILES string of the molecule is CC(C)C[C@H](NC(=O)OCc1ccccc1)C(=O)NC(C)(C)C(=O)N[C@@](C)(C(=O)N[C@@H](CCC(N)=O)C(=O)N[C@H](CO)C(C)C)C1CCCC1. The van der Waals surface area contributed by atoms with Crippen LogP contribution in [0.25, 0.3) is 0 Å². The Morgan fingerprint density at radius 3 is 2.02 bits per heavy atom. The number of rotatable bonds is 19. The number of carbonyl (C=O) groups is 6. The highest BCUT2D eigenvalue weighted by Crippen LogP contribution is 2.35. The van der Waals surface area contributed by atoms with E-state index in [1.165, 1.54) is 13.8 Å². The van der Waals surface area contributed by atoms with Gasteiger partial charge in [0.15, 0.2) is 0 Å². The first-order valence-corrected chi connectivity index (χ1v) is 17.5. The number of primary amides is 1. The van der Waals surface area contributed by atoms with Gasteiger partial charge in [-0.05, 0) is 69.8 Å². The number of hydrogen-bond acceptors (Lipinski definition) is 8. The first kappa shape index (κ1) is 42.0. The standard InChI is InChI=1S/C36H58N6O8/c1-22(2)19-27(40-34(49)50-21-24-13-9-8-10-14-24)31(46)41-35(5,6)32(47)42-36(7,25-15-11-12-16-25)33(48)39-26(17-18-29(37)44)30(45)38-28(20-43)23(3)4/h8-10,13-14,22-23,25-28,43H,11-12,15-21H2,1-7H3,(H2,37,44)(H,38,45)(H,39,48)(H,40,49)(H,41,46)(H,42,47)/t26-,27-,28+,36+/m0/s1. The van der Waals surface area contributed by atoms with Crippen molar-refractivity contribution in [2.45, 2.75) is 129 Å². The van der Waals surface area contributed by atoms with Crippen molar-refractivity contribution in [1.29, 1.82) is 0 Å². The van der Waals surface area contributed by atoms with Crippen molar-refractivity contribution in [3.05, 3.63) is 35.9 Å². The molecule has 1 fully saturated rings. The number of aliphatic hydroxyl groups excluding tert-OH is 1. The number of aliphatic hydroxyl groups is 1. The van der Waals surface area contributed by atoms with Gasteiger partial charge in [0.1, 0.15) is 29.8 Å². The molecule has 50 heavy (non-hydrogen) atoms. The molecule has 280 valence electrons. The van der Waals surface area contributed by atoms with E-state index in [9.17, 15) is 33.9 Å². The molecule has 8 N–H and O–H groups in total. The Labute approximate surface area is 295 Å². The van der Waals surface area contributed by atoms with Gasteiger partial charge in [0.2, 0.25) is 29.5 Å². The molecule has 0 bridgehead atoms. The Kier molecular flexibility index (Phi) is 16.2. The van der Waals surface area contributed by atoms with Crippen molar-refractivity contribution in [2.75, 3.05) is 6.61 Å². The molecule has 0 aliphatic heterocycles. The summed E-state index contributed by atoms with van der Waals surface area (Å²) >= 11 is 0. The normalized spacial score (nSPS) is 16.4. The second kappa shape index (κ2) is 19.3. The zero-order valence-electron chi connectivity index (χ0n) is 30.6. The van der Waals surface area contributed by atoms with Gasteiger partial charge >= 0.3 is 6.09 Å². The van der Waals surface area contributed by atoms with Crippen LogP contribution in [0.2, 0.25) is 0 Å². The molecule has 14 heteroatoms. The highest BCUT2D eigenvalue weighted by atomic mass is 16.5. The fourth-order valence-electron chi connectivity index (χ4n) is 5.87. The van der Waals surface area contributed by atoms with Crippen LogP contribution >= 0.6 is 0 Å². The van der Waals surface area contributed by atoms with E-state index in [1.807, 2.05) is 58.0 Å². The molecule has 1 aliphatic carbocycles. The van der Waals surface area contributed by atoms with Crippen molar-refractivity contribution in [3.63, 3.8) is 0 Å². The maximum Gasteiger partial charge on any atom is 0.408 e. The van der Waals surface area contributed by atoms with E-state index >= 15 is 0 Å². The number of hydrogen-bond donors (Lipinski definition) is 7. The lowest BCUT2D eigenvalue weighted by Crippen LogP contribution is -2.68. The van der Waals surface area contributed by atoms with Crippen molar-refractivity contribution in [3.8, 4) is 0 Å². The summed E-state index contributed by atoms with van der Waals surface area (Å²) in [6.07, 6.45) is 2.18. The number of nitrogens with one attached hydrogen (secondary N) is 5. The Bertz CT molecular complexity index is 1310. The minimum atomic E-state index is -1.53. The summed E-state index contributed by atoms with van der Waals surface area (Å²) in [5.74, 6) is -3.50. The molecule has 0 spiro atoms. The van der Waals surface area contributed by atoms with Crippen LogP contribution in [0.15, 0.2) is 30.3 Å². The molecule has 1 saturated carbocycles. The average molecular weight is 703 g/mol. The van der Waals surface area contributed by atoms with Crippen molar-refractivity contribution >= 4 is 35.6 Å². The molecule has 0 heterocycles. The molecular formula is C36H58N6O8. The van der Waals surface area contributed by atoms with Gasteiger partial charge < -0.3 is 42.2 Å². The van der Waals surface area contributed by atoms with Gasteiger partial charge in [0.05, 0.1) is 12.6 Å². The zero-order chi connectivity index (χ0) is 37.6. The van der Waals surface area contributed by atoms with Crippen molar-refractivity contribution in [2.24, 2.45) is 23.5 Å². The maximum atomic E-state index is 14.1. The minimum Gasteiger partial charge on any atom is -0.445 e. The molecule has 14 nitrogen and oxygen atoms in total. The first-order chi connectivity index (χ1) is 23.4. The highest BCUT2D eigenvalue weighted by Gasteiger charge is 2.47. The van der Waals surface area contributed by atoms with E-state index in [4.69, 9.17) is 10.5 Å². The van der Waals surface area contributed by atoms with Gasteiger partial charge in [-0.25, -0.2) is 4.79 Å². The van der Waals surface area contributed by atoms with E-state index in [1.54, 1.807) is 6.92 Å². The van der Waals surface area contributed by atoms with Gasteiger partial charge in [-0.15, -0.1) is 0 Å². The van der Waals surface area contributed by atoms with E-state index < -0.39 is 64.8 Å². The Morgan fingerprint density at radius 1 is 0.860 bits per heavy atom. The maximum absolute atomic E-state index is 14.1. The molecule has 1 aliphatic rings. The molecule has 0 aromatic heterocycles. The summed E-state index contributed by atoms with van der Waals surface area (Å²) in [7, 11) is 0. The molecule has 2 rings (SSSR count). The van der Waals surface area contributed by atoms with E-state index in [2.05, 4.69) is 26.6 Å². The summed E-state index contributed by atoms with van der Waals surface area (Å²) in [6, 6.07) is 6.34. The molecule has 1 aromatic carbocycles. The zero-order valence-corrected chi connectivity index (χ0v) is 30.6. The van der Waals surface area contributed by atoms with Gasteiger partial charge in [0.25, 0.3) is 0 Å². The fourth-order valence-corrected chi connectivity index (χ4v) is 5.87. The number of ether oxygens (including phenoxy) is 1. The van der Waals surface area contributed by atoms with Crippen LogP contribution in [0.5, 0.6) is 0 Å². The monoisotopic (exact) mass is 702 g/mol. The number of amides is 6. The van der Waals surface area contributed by atoms with Crippen LogP contribution in [0.4, 0.5) is 4.79 Å². The largest absolute Gasteiger partial charge is 0.445 e. The van der Waals surface area contributed by atoms with Crippen LogP contribution in [0.3, 0.4) is 0 Å².